The summed E-state index contributed by atoms with van der Waals surface area (Å²) in [5, 5.41) is 12.0. The minimum Gasteiger partial charge on any atom is -0.409 e. The zero-order valence-electron chi connectivity index (χ0n) is 11.9. The van der Waals surface area contributed by atoms with Crippen molar-refractivity contribution in [3.05, 3.63) is 34.3 Å². The van der Waals surface area contributed by atoms with Crippen LogP contribution in [0.15, 0.2) is 23.4 Å². The van der Waals surface area contributed by atoms with Gasteiger partial charge in [-0.2, -0.15) is 0 Å². The van der Waals surface area contributed by atoms with Gasteiger partial charge in [-0.3, -0.25) is 4.79 Å². The molecule has 0 saturated carbocycles. The van der Waals surface area contributed by atoms with Gasteiger partial charge in [0.1, 0.15) is 5.84 Å². The highest BCUT2D eigenvalue weighted by Crippen LogP contribution is 2.18. The summed E-state index contributed by atoms with van der Waals surface area (Å²) >= 11 is 6.05. The molecule has 3 N–H and O–H groups in total. The van der Waals surface area contributed by atoms with E-state index in [4.69, 9.17) is 22.5 Å². The maximum atomic E-state index is 12.5. The third kappa shape index (κ3) is 4.13. The van der Waals surface area contributed by atoms with Crippen molar-refractivity contribution in [3.63, 3.8) is 0 Å². The largest absolute Gasteiger partial charge is 0.409 e. The van der Waals surface area contributed by atoms with Crippen molar-refractivity contribution in [1.82, 2.24) is 4.90 Å². The SMILES string of the molecule is Cc1ccc(C(=O)N(CCC(N)=NO)C(C)C)cc1Cl. The van der Waals surface area contributed by atoms with Crippen LogP contribution in [0.1, 0.15) is 36.2 Å². The van der Waals surface area contributed by atoms with Crippen LogP contribution in [0.3, 0.4) is 0 Å². The summed E-state index contributed by atoms with van der Waals surface area (Å²) in [7, 11) is 0. The van der Waals surface area contributed by atoms with Gasteiger partial charge < -0.3 is 15.8 Å². The topological polar surface area (TPSA) is 78.9 Å². The third-order valence-electron chi connectivity index (χ3n) is 3.04. The highest BCUT2D eigenvalue weighted by atomic mass is 35.5. The number of hydrogen-bond acceptors (Lipinski definition) is 3. The molecule has 0 radical (unpaired) electrons. The Balaban J connectivity index is 2.90. The molecule has 0 atom stereocenters. The molecule has 0 bridgehead atoms. The Morgan fingerprint density at radius 3 is 2.65 bits per heavy atom. The summed E-state index contributed by atoms with van der Waals surface area (Å²) in [6.07, 6.45) is 0.319. The van der Waals surface area contributed by atoms with Gasteiger partial charge in [0.25, 0.3) is 5.91 Å². The first-order valence-electron chi connectivity index (χ1n) is 6.40. The van der Waals surface area contributed by atoms with Crippen molar-refractivity contribution in [1.29, 1.82) is 0 Å². The smallest absolute Gasteiger partial charge is 0.254 e. The van der Waals surface area contributed by atoms with Crippen molar-refractivity contribution < 1.29 is 10.0 Å². The van der Waals surface area contributed by atoms with Gasteiger partial charge in [-0.1, -0.05) is 22.8 Å². The number of rotatable bonds is 5. The quantitative estimate of drug-likeness (QED) is 0.379. The number of nitrogens with two attached hydrogens (primary N) is 1. The van der Waals surface area contributed by atoms with E-state index in [0.29, 0.717) is 23.6 Å². The number of nitrogens with zero attached hydrogens (tertiary/aromatic N) is 2. The number of oxime groups is 1. The Morgan fingerprint density at radius 1 is 1.50 bits per heavy atom. The molecule has 0 spiro atoms. The monoisotopic (exact) mass is 297 g/mol. The molecule has 1 aromatic carbocycles. The second kappa shape index (κ2) is 7.14. The van der Waals surface area contributed by atoms with E-state index in [0.717, 1.165) is 5.56 Å². The van der Waals surface area contributed by atoms with E-state index in [2.05, 4.69) is 5.16 Å². The molecule has 1 aromatic rings. The van der Waals surface area contributed by atoms with Crippen LogP contribution in [0, 0.1) is 6.92 Å². The van der Waals surface area contributed by atoms with Gasteiger partial charge >= 0.3 is 0 Å². The number of halogens is 1. The molecule has 110 valence electrons. The fourth-order valence-corrected chi connectivity index (χ4v) is 1.95. The molecule has 0 aromatic heterocycles. The Hall–Kier alpha value is -1.75. The maximum absolute atomic E-state index is 12.5. The molecule has 0 fully saturated rings. The van der Waals surface area contributed by atoms with Crippen LogP contribution in [-0.4, -0.2) is 34.4 Å². The molecule has 6 heteroatoms. The lowest BCUT2D eigenvalue weighted by Crippen LogP contribution is -2.39. The first-order valence-corrected chi connectivity index (χ1v) is 6.78. The lowest BCUT2D eigenvalue weighted by Gasteiger charge is -2.26. The fraction of sp³-hybridized carbons (Fsp3) is 0.429. The lowest BCUT2D eigenvalue weighted by molar-refractivity contribution is 0.0711. The van der Waals surface area contributed by atoms with Crippen molar-refractivity contribution in [3.8, 4) is 0 Å². The van der Waals surface area contributed by atoms with E-state index in [1.165, 1.54) is 0 Å². The number of hydrogen-bond donors (Lipinski definition) is 2. The predicted molar refractivity (Wildman–Crippen MR) is 80.4 cm³/mol. The zero-order chi connectivity index (χ0) is 15.3. The average molecular weight is 298 g/mol. The number of carbonyl (C=O) groups is 1. The van der Waals surface area contributed by atoms with E-state index in [1.807, 2.05) is 26.8 Å². The molecule has 0 saturated heterocycles. The summed E-state index contributed by atoms with van der Waals surface area (Å²) in [5.74, 6) is -0.0157. The average Bonchev–Trinajstić information content (AvgIpc) is 2.41. The van der Waals surface area contributed by atoms with E-state index in [9.17, 15) is 4.79 Å². The molecule has 1 rings (SSSR count). The van der Waals surface area contributed by atoms with Crippen LogP contribution in [0.4, 0.5) is 0 Å². The first kappa shape index (κ1) is 16.3. The highest BCUT2D eigenvalue weighted by molar-refractivity contribution is 6.31. The summed E-state index contributed by atoms with van der Waals surface area (Å²) in [6, 6.07) is 5.24. The molecular weight excluding hydrogens is 278 g/mol. The van der Waals surface area contributed by atoms with Crippen LogP contribution in [0.5, 0.6) is 0 Å². The van der Waals surface area contributed by atoms with E-state index < -0.39 is 0 Å². The number of amidine groups is 1. The van der Waals surface area contributed by atoms with Crippen molar-refractivity contribution >= 4 is 23.3 Å². The fourth-order valence-electron chi connectivity index (χ4n) is 1.77. The van der Waals surface area contributed by atoms with Crippen LogP contribution < -0.4 is 5.73 Å². The summed E-state index contributed by atoms with van der Waals surface area (Å²) in [5.41, 5.74) is 6.91. The van der Waals surface area contributed by atoms with Crippen molar-refractivity contribution in [2.45, 2.75) is 33.2 Å². The van der Waals surface area contributed by atoms with Crippen molar-refractivity contribution in [2.75, 3.05) is 6.54 Å². The second-order valence-electron chi connectivity index (χ2n) is 4.90. The molecule has 5 nitrogen and oxygen atoms in total. The minimum atomic E-state index is -0.118. The maximum Gasteiger partial charge on any atom is 0.254 e. The molecule has 0 unspecified atom stereocenters. The Bertz CT molecular complexity index is 515. The lowest BCUT2D eigenvalue weighted by atomic mass is 10.1. The van der Waals surface area contributed by atoms with Gasteiger partial charge in [0.05, 0.1) is 0 Å². The summed E-state index contributed by atoms with van der Waals surface area (Å²) in [4.78, 5) is 14.1. The normalized spacial score (nSPS) is 11.8. The van der Waals surface area contributed by atoms with Gasteiger partial charge in [-0.05, 0) is 38.5 Å². The number of carbonyl (C=O) groups excluding carboxylic acids is 1. The summed E-state index contributed by atoms with van der Waals surface area (Å²) < 4.78 is 0. The number of amides is 1. The number of benzene rings is 1. The van der Waals surface area contributed by atoms with Crippen LogP contribution in [0.2, 0.25) is 5.02 Å². The van der Waals surface area contributed by atoms with Crippen LogP contribution in [0.25, 0.3) is 0 Å². The van der Waals surface area contributed by atoms with Gasteiger partial charge in [0, 0.05) is 29.6 Å². The Kier molecular flexibility index (Phi) is 5.82. The Morgan fingerprint density at radius 2 is 2.15 bits per heavy atom. The van der Waals surface area contributed by atoms with Gasteiger partial charge in [-0.25, -0.2) is 0 Å². The number of aryl methyl sites for hydroxylation is 1. The Labute approximate surface area is 124 Å². The van der Waals surface area contributed by atoms with E-state index in [1.54, 1.807) is 17.0 Å². The first-order chi connectivity index (χ1) is 9.36. The second-order valence-corrected chi connectivity index (χ2v) is 5.30. The molecular formula is C14H20ClN3O2. The highest BCUT2D eigenvalue weighted by Gasteiger charge is 2.19. The molecule has 0 heterocycles. The van der Waals surface area contributed by atoms with E-state index in [-0.39, 0.29) is 17.8 Å². The predicted octanol–water partition coefficient (Wildman–Crippen LogP) is 2.64. The van der Waals surface area contributed by atoms with Crippen LogP contribution >= 0.6 is 11.6 Å². The molecule has 1 amide bonds. The standard InChI is InChI=1S/C14H20ClN3O2/c1-9(2)18(7-6-13(16)17-20)14(19)11-5-4-10(3)12(15)8-11/h4-5,8-9,20H,6-7H2,1-3H3,(H2,16,17). The van der Waals surface area contributed by atoms with Gasteiger partial charge in [0.15, 0.2) is 0 Å². The molecule has 0 aliphatic rings. The van der Waals surface area contributed by atoms with Crippen LogP contribution in [-0.2, 0) is 0 Å². The van der Waals surface area contributed by atoms with Gasteiger partial charge in [-0.15, -0.1) is 0 Å². The summed E-state index contributed by atoms with van der Waals surface area (Å²) in [6.45, 7) is 6.10. The minimum absolute atomic E-state index is 0.00840. The molecule has 0 aliphatic carbocycles. The van der Waals surface area contributed by atoms with Gasteiger partial charge in [0.2, 0.25) is 0 Å². The third-order valence-corrected chi connectivity index (χ3v) is 3.45. The molecule has 20 heavy (non-hydrogen) atoms. The zero-order valence-corrected chi connectivity index (χ0v) is 12.7. The van der Waals surface area contributed by atoms with Crippen molar-refractivity contribution in [2.24, 2.45) is 10.9 Å². The van der Waals surface area contributed by atoms with E-state index >= 15 is 0 Å². The molecule has 0 aliphatic heterocycles.